The number of ether oxygens (including phenoxy) is 2. The summed E-state index contributed by atoms with van der Waals surface area (Å²) >= 11 is 3.53. The number of hydrogen-bond acceptors (Lipinski definition) is 3. The summed E-state index contributed by atoms with van der Waals surface area (Å²) in [7, 11) is 0. The van der Waals surface area contributed by atoms with Gasteiger partial charge < -0.3 is 14.8 Å². The second-order valence-electron chi connectivity index (χ2n) is 4.83. The summed E-state index contributed by atoms with van der Waals surface area (Å²) in [6.07, 6.45) is 0. The molecule has 0 amide bonds. The minimum Gasteiger partial charge on any atom is -0.378 e. The van der Waals surface area contributed by atoms with Crippen molar-refractivity contribution in [1.82, 2.24) is 0 Å². The number of benzene rings is 1. The molecule has 0 saturated carbocycles. The molecule has 94 valence electrons. The first kappa shape index (κ1) is 12.9. The largest absolute Gasteiger partial charge is 0.378 e. The third kappa shape index (κ3) is 3.44. The van der Waals surface area contributed by atoms with Crippen LogP contribution in [-0.4, -0.2) is 25.0 Å². The zero-order valence-corrected chi connectivity index (χ0v) is 12.0. The lowest BCUT2D eigenvalue weighted by Crippen LogP contribution is -2.45. The number of rotatable bonds is 2. The average molecular weight is 300 g/mol. The number of aryl methyl sites for hydroxylation is 1. The van der Waals surface area contributed by atoms with Crippen LogP contribution >= 0.6 is 15.9 Å². The summed E-state index contributed by atoms with van der Waals surface area (Å²) in [5.74, 6) is -0.452. The summed E-state index contributed by atoms with van der Waals surface area (Å²) in [5.41, 5.74) is 2.31. The number of hydrogen-bond donors (Lipinski definition) is 1. The molecular weight excluding hydrogens is 282 g/mol. The van der Waals surface area contributed by atoms with E-state index in [1.165, 1.54) is 5.56 Å². The van der Waals surface area contributed by atoms with E-state index < -0.39 is 5.79 Å². The van der Waals surface area contributed by atoms with E-state index >= 15 is 0 Å². The number of halogens is 1. The van der Waals surface area contributed by atoms with Gasteiger partial charge in [-0.3, -0.25) is 0 Å². The standard InChI is InChI=1S/C13H18BrNO2/c1-9-4-5-10(6-12(9)14)15-11-7-16-13(2,3)17-8-11/h4-6,11,15H,7-8H2,1-3H3. The van der Waals surface area contributed by atoms with Crippen LogP contribution in [0.3, 0.4) is 0 Å². The van der Waals surface area contributed by atoms with Gasteiger partial charge in [-0.25, -0.2) is 0 Å². The molecule has 0 aliphatic carbocycles. The molecule has 17 heavy (non-hydrogen) atoms. The quantitative estimate of drug-likeness (QED) is 0.909. The number of anilines is 1. The maximum Gasteiger partial charge on any atom is 0.162 e. The summed E-state index contributed by atoms with van der Waals surface area (Å²) in [6, 6.07) is 6.44. The molecule has 1 saturated heterocycles. The summed E-state index contributed by atoms with van der Waals surface area (Å²) in [4.78, 5) is 0. The maximum atomic E-state index is 5.61. The van der Waals surface area contributed by atoms with Gasteiger partial charge in [-0.15, -0.1) is 0 Å². The van der Waals surface area contributed by atoms with Crippen LogP contribution in [0.15, 0.2) is 22.7 Å². The Bertz CT molecular complexity index is 396. The van der Waals surface area contributed by atoms with Crippen LogP contribution in [0.4, 0.5) is 5.69 Å². The first-order chi connectivity index (χ1) is 7.96. The lowest BCUT2D eigenvalue weighted by molar-refractivity contribution is -0.247. The fourth-order valence-electron chi connectivity index (χ4n) is 1.69. The van der Waals surface area contributed by atoms with E-state index in [4.69, 9.17) is 9.47 Å². The molecular formula is C13H18BrNO2. The predicted octanol–water partition coefficient (Wildman–Crippen LogP) is 3.32. The zero-order valence-electron chi connectivity index (χ0n) is 10.4. The van der Waals surface area contributed by atoms with Gasteiger partial charge in [0.05, 0.1) is 19.3 Å². The van der Waals surface area contributed by atoms with Crippen LogP contribution in [-0.2, 0) is 9.47 Å². The minimum atomic E-state index is -0.452. The second kappa shape index (κ2) is 4.96. The highest BCUT2D eigenvalue weighted by atomic mass is 79.9. The molecule has 1 aliphatic heterocycles. The molecule has 0 bridgehead atoms. The van der Waals surface area contributed by atoms with Gasteiger partial charge in [0.15, 0.2) is 5.79 Å². The van der Waals surface area contributed by atoms with Gasteiger partial charge in [0.25, 0.3) is 0 Å². The van der Waals surface area contributed by atoms with E-state index in [0.29, 0.717) is 13.2 Å². The topological polar surface area (TPSA) is 30.5 Å². The van der Waals surface area contributed by atoms with Crippen LogP contribution in [0.25, 0.3) is 0 Å². The first-order valence-corrected chi connectivity index (χ1v) is 6.56. The van der Waals surface area contributed by atoms with Crippen molar-refractivity contribution in [2.45, 2.75) is 32.6 Å². The molecule has 1 fully saturated rings. The Morgan fingerprint density at radius 1 is 1.29 bits per heavy atom. The Morgan fingerprint density at radius 2 is 1.94 bits per heavy atom. The Kier molecular flexibility index (Phi) is 3.76. The van der Waals surface area contributed by atoms with Gasteiger partial charge in [0.2, 0.25) is 0 Å². The summed E-state index contributed by atoms with van der Waals surface area (Å²) in [5, 5.41) is 3.41. The first-order valence-electron chi connectivity index (χ1n) is 5.77. The maximum absolute atomic E-state index is 5.61. The molecule has 1 aromatic carbocycles. The van der Waals surface area contributed by atoms with Gasteiger partial charge >= 0.3 is 0 Å². The fraction of sp³-hybridized carbons (Fsp3) is 0.538. The van der Waals surface area contributed by atoms with Crippen molar-refractivity contribution in [1.29, 1.82) is 0 Å². The smallest absolute Gasteiger partial charge is 0.162 e. The van der Waals surface area contributed by atoms with Gasteiger partial charge in [0, 0.05) is 10.2 Å². The molecule has 1 aromatic rings. The molecule has 3 nitrogen and oxygen atoms in total. The highest BCUT2D eigenvalue weighted by Gasteiger charge is 2.28. The molecule has 1 N–H and O–H groups in total. The van der Waals surface area contributed by atoms with E-state index in [0.717, 1.165) is 10.2 Å². The molecule has 0 unspecified atom stereocenters. The third-order valence-electron chi connectivity index (χ3n) is 2.81. The van der Waals surface area contributed by atoms with E-state index in [1.54, 1.807) is 0 Å². The van der Waals surface area contributed by atoms with Crippen molar-refractivity contribution < 1.29 is 9.47 Å². The highest BCUT2D eigenvalue weighted by Crippen LogP contribution is 2.23. The minimum absolute atomic E-state index is 0.206. The third-order valence-corrected chi connectivity index (χ3v) is 3.66. The lowest BCUT2D eigenvalue weighted by atomic mass is 10.2. The molecule has 0 atom stereocenters. The van der Waals surface area contributed by atoms with Crippen molar-refractivity contribution in [3.63, 3.8) is 0 Å². The molecule has 0 radical (unpaired) electrons. The van der Waals surface area contributed by atoms with Crippen molar-refractivity contribution >= 4 is 21.6 Å². The Balaban J connectivity index is 1.95. The predicted molar refractivity (Wildman–Crippen MR) is 72.3 cm³/mol. The Hall–Kier alpha value is -0.580. The van der Waals surface area contributed by atoms with Gasteiger partial charge in [-0.2, -0.15) is 0 Å². The average Bonchev–Trinajstić information content (AvgIpc) is 2.27. The lowest BCUT2D eigenvalue weighted by Gasteiger charge is -2.35. The van der Waals surface area contributed by atoms with Crippen molar-refractivity contribution in [3.8, 4) is 0 Å². The summed E-state index contributed by atoms with van der Waals surface area (Å²) in [6.45, 7) is 7.28. The fourth-order valence-corrected chi connectivity index (χ4v) is 2.07. The van der Waals surface area contributed by atoms with Gasteiger partial charge in [0.1, 0.15) is 0 Å². The van der Waals surface area contributed by atoms with Crippen LogP contribution in [0.5, 0.6) is 0 Å². The number of nitrogens with one attached hydrogen (secondary N) is 1. The van der Waals surface area contributed by atoms with Crippen LogP contribution in [0.1, 0.15) is 19.4 Å². The zero-order chi connectivity index (χ0) is 12.5. The van der Waals surface area contributed by atoms with Crippen LogP contribution in [0, 0.1) is 6.92 Å². The van der Waals surface area contributed by atoms with E-state index in [-0.39, 0.29) is 6.04 Å². The Labute approximate surface area is 111 Å². The van der Waals surface area contributed by atoms with Crippen LogP contribution in [0.2, 0.25) is 0 Å². The monoisotopic (exact) mass is 299 g/mol. The highest BCUT2D eigenvalue weighted by molar-refractivity contribution is 9.10. The normalized spacial score (nSPS) is 20.2. The molecule has 1 aliphatic rings. The Morgan fingerprint density at radius 3 is 2.53 bits per heavy atom. The van der Waals surface area contributed by atoms with Gasteiger partial charge in [-0.1, -0.05) is 22.0 Å². The van der Waals surface area contributed by atoms with Crippen molar-refractivity contribution in [2.24, 2.45) is 0 Å². The van der Waals surface area contributed by atoms with Crippen LogP contribution < -0.4 is 5.32 Å². The van der Waals surface area contributed by atoms with Crippen molar-refractivity contribution in [2.75, 3.05) is 18.5 Å². The van der Waals surface area contributed by atoms with E-state index in [9.17, 15) is 0 Å². The molecule has 0 spiro atoms. The van der Waals surface area contributed by atoms with Crippen molar-refractivity contribution in [3.05, 3.63) is 28.2 Å². The molecule has 4 heteroatoms. The SMILES string of the molecule is Cc1ccc(NC2COC(C)(C)OC2)cc1Br. The summed E-state index contributed by atoms with van der Waals surface area (Å²) < 4.78 is 12.3. The van der Waals surface area contributed by atoms with Gasteiger partial charge in [-0.05, 0) is 38.5 Å². The molecule has 1 heterocycles. The van der Waals surface area contributed by atoms with E-state index in [1.807, 2.05) is 13.8 Å². The molecule has 2 rings (SSSR count). The van der Waals surface area contributed by atoms with E-state index in [2.05, 4.69) is 46.4 Å². The molecule has 0 aromatic heterocycles. The second-order valence-corrected chi connectivity index (χ2v) is 5.68.